The van der Waals surface area contributed by atoms with E-state index in [1.165, 1.54) is 12.1 Å². The molecule has 2 aromatic carbocycles. The number of ether oxygens (including phenoxy) is 2. The second-order valence-corrected chi connectivity index (χ2v) is 9.54. The standard InChI is InChI=1S/C23H30N2O5S/c1-18-5-3-4-14-25(18)31(27,28)22-12-8-20(9-13-22)23(26)24-17-19-6-10-21(11-7-19)30-16-15-29-2/h6-13,18H,3-5,14-17H2,1-2H3,(H,24,26). The van der Waals surface area contributed by atoms with Gasteiger partial charge in [0.25, 0.3) is 5.91 Å². The smallest absolute Gasteiger partial charge is 0.251 e. The summed E-state index contributed by atoms with van der Waals surface area (Å²) in [6.07, 6.45) is 2.81. The molecule has 1 amide bonds. The molecular weight excluding hydrogens is 416 g/mol. The number of amides is 1. The molecule has 0 aromatic heterocycles. The van der Waals surface area contributed by atoms with Crippen LogP contribution in [0, 0.1) is 0 Å². The van der Waals surface area contributed by atoms with Crippen molar-refractivity contribution in [1.29, 1.82) is 0 Å². The molecule has 0 bridgehead atoms. The quantitative estimate of drug-likeness (QED) is 0.598. The van der Waals surface area contributed by atoms with Gasteiger partial charge in [-0.05, 0) is 61.7 Å². The molecule has 0 saturated carbocycles. The van der Waals surface area contributed by atoms with E-state index in [0.29, 0.717) is 31.9 Å². The molecule has 1 atom stereocenters. The summed E-state index contributed by atoms with van der Waals surface area (Å²) in [5.41, 5.74) is 1.36. The number of rotatable bonds is 9. The Morgan fingerprint density at radius 2 is 1.77 bits per heavy atom. The predicted octanol–water partition coefficient (Wildman–Crippen LogP) is 3.20. The highest BCUT2D eigenvalue weighted by Crippen LogP contribution is 2.25. The Bertz CT molecular complexity index is 958. The summed E-state index contributed by atoms with van der Waals surface area (Å²) < 4.78 is 37.8. The summed E-state index contributed by atoms with van der Waals surface area (Å²) in [6.45, 7) is 3.85. The van der Waals surface area contributed by atoms with Crippen molar-refractivity contribution in [3.05, 3.63) is 59.7 Å². The van der Waals surface area contributed by atoms with E-state index in [1.54, 1.807) is 23.5 Å². The first-order valence-corrected chi connectivity index (χ1v) is 12.0. The van der Waals surface area contributed by atoms with Crippen LogP contribution in [0.3, 0.4) is 0 Å². The van der Waals surface area contributed by atoms with Crippen molar-refractivity contribution < 1.29 is 22.7 Å². The monoisotopic (exact) mass is 446 g/mol. The van der Waals surface area contributed by atoms with Gasteiger partial charge in [0, 0.05) is 31.8 Å². The van der Waals surface area contributed by atoms with Gasteiger partial charge in [0.15, 0.2) is 0 Å². The first-order valence-electron chi connectivity index (χ1n) is 10.5. The topological polar surface area (TPSA) is 84.9 Å². The summed E-state index contributed by atoms with van der Waals surface area (Å²) in [4.78, 5) is 12.7. The summed E-state index contributed by atoms with van der Waals surface area (Å²) in [5.74, 6) is 0.489. The zero-order valence-corrected chi connectivity index (χ0v) is 18.9. The van der Waals surface area contributed by atoms with Crippen LogP contribution in [0.5, 0.6) is 5.75 Å². The van der Waals surface area contributed by atoms with Crippen LogP contribution in [0.1, 0.15) is 42.1 Å². The number of sulfonamides is 1. The van der Waals surface area contributed by atoms with Crippen molar-refractivity contribution in [3.63, 3.8) is 0 Å². The van der Waals surface area contributed by atoms with Gasteiger partial charge in [-0.1, -0.05) is 18.6 Å². The van der Waals surface area contributed by atoms with Crippen LogP contribution in [0.4, 0.5) is 0 Å². The molecule has 1 N–H and O–H groups in total. The van der Waals surface area contributed by atoms with Crippen LogP contribution in [-0.2, 0) is 21.3 Å². The molecule has 1 unspecified atom stereocenters. The largest absolute Gasteiger partial charge is 0.491 e. The number of nitrogens with zero attached hydrogens (tertiary/aromatic N) is 1. The lowest BCUT2D eigenvalue weighted by Crippen LogP contribution is -2.41. The van der Waals surface area contributed by atoms with Gasteiger partial charge in [0.1, 0.15) is 12.4 Å². The molecule has 31 heavy (non-hydrogen) atoms. The molecule has 168 valence electrons. The number of benzene rings is 2. The Hall–Kier alpha value is -2.42. The van der Waals surface area contributed by atoms with Crippen LogP contribution in [0.2, 0.25) is 0 Å². The molecule has 0 aliphatic carbocycles. The zero-order chi connectivity index (χ0) is 22.3. The van der Waals surface area contributed by atoms with Gasteiger partial charge in [-0.3, -0.25) is 4.79 Å². The van der Waals surface area contributed by atoms with E-state index in [-0.39, 0.29) is 16.8 Å². The van der Waals surface area contributed by atoms with Crippen LogP contribution in [0.25, 0.3) is 0 Å². The Labute approximate surface area is 184 Å². The first kappa shape index (κ1) is 23.2. The minimum atomic E-state index is -3.54. The van der Waals surface area contributed by atoms with Crippen LogP contribution < -0.4 is 10.1 Å². The van der Waals surface area contributed by atoms with E-state index < -0.39 is 10.0 Å². The number of methoxy groups -OCH3 is 1. The van der Waals surface area contributed by atoms with Crippen LogP contribution >= 0.6 is 0 Å². The van der Waals surface area contributed by atoms with Crippen molar-refractivity contribution in [3.8, 4) is 5.75 Å². The summed E-state index contributed by atoms with van der Waals surface area (Å²) >= 11 is 0. The number of hydrogen-bond acceptors (Lipinski definition) is 5. The van der Waals surface area contributed by atoms with Gasteiger partial charge in [-0.2, -0.15) is 4.31 Å². The van der Waals surface area contributed by atoms with Crippen molar-refractivity contribution in [2.45, 2.75) is 43.7 Å². The lowest BCUT2D eigenvalue weighted by molar-refractivity contribution is 0.0950. The maximum atomic E-state index is 12.9. The van der Waals surface area contributed by atoms with Crippen molar-refractivity contribution in [1.82, 2.24) is 9.62 Å². The van der Waals surface area contributed by atoms with Crippen molar-refractivity contribution >= 4 is 15.9 Å². The van der Waals surface area contributed by atoms with Crippen LogP contribution in [0.15, 0.2) is 53.4 Å². The maximum Gasteiger partial charge on any atom is 0.251 e. The molecule has 1 aliphatic rings. The van der Waals surface area contributed by atoms with E-state index in [9.17, 15) is 13.2 Å². The molecule has 1 heterocycles. The second-order valence-electron chi connectivity index (χ2n) is 7.65. The SMILES string of the molecule is COCCOc1ccc(CNC(=O)c2ccc(S(=O)(=O)N3CCCCC3C)cc2)cc1. The molecule has 1 aliphatic heterocycles. The molecule has 2 aromatic rings. The van der Waals surface area contributed by atoms with Gasteiger partial charge in [0.2, 0.25) is 10.0 Å². The minimum Gasteiger partial charge on any atom is -0.491 e. The average Bonchev–Trinajstić information content (AvgIpc) is 2.79. The zero-order valence-electron chi connectivity index (χ0n) is 18.0. The Morgan fingerprint density at radius 1 is 1.06 bits per heavy atom. The molecular formula is C23H30N2O5S. The minimum absolute atomic E-state index is 0.00140. The fourth-order valence-electron chi connectivity index (χ4n) is 3.57. The molecule has 7 nitrogen and oxygen atoms in total. The van der Waals surface area contributed by atoms with E-state index in [4.69, 9.17) is 9.47 Å². The third-order valence-electron chi connectivity index (χ3n) is 5.40. The van der Waals surface area contributed by atoms with E-state index >= 15 is 0 Å². The number of carbonyl (C=O) groups is 1. The predicted molar refractivity (Wildman–Crippen MR) is 119 cm³/mol. The lowest BCUT2D eigenvalue weighted by atomic mass is 10.1. The molecule has 3 rings (SSSR count). The number of hydrogen-bond donors (Lipinski definition) is 1. The maximum absolute atomic E-state index is 12.9. The van der Waals surface area contributed by atoms with Gasteiger partial charge in [-0.25, -0.2) is 8.42 Å². The third kappa shape index (κ3) is 6.06. The molecule has 1 fully saturated rings. The van der Waals surface area contributed by atoms with E-state index in [2.05, 4.69) is 5.32 Å². The lowest BCUT2D eigenvalue weighted by Gasteiger charge is -2.32. The highest BCUT2D eigenvalue weighted by molar-refractivity contribution is 7.89. The highest BCUT2D eigenvalue weighted by Gasteiger charge is 2.30. The Morgan fingerprint density at radius 3 is 2.42 bits per heavy atom. The van der Waals surface area contributed by atoms with Gasteiger partial charge in [0.05, 0.1) is 11.5 Å². The van der Waals surface area contributed by atoms with Gasteiger partial charge < -0.3 is 14.8 Å². The second kappa shape index (κ2) is 10.7. The highest BCUT2D eigenvalue weighted by atomic mass is 32.2. The number of piperidine rings is 1. The molecule has 0 radical (unpaired) electrons. The molecule has 0 spiro atoms. The Kier molecular flexibility index (Phi) is 8.06. The fraction of sp³-hybridized carbons (Fsp3) is 0.435. The number of carbonyl (C=O) groups excluding carboxylic acids is 1. The van der Waals surface area contributed by atoms with E-state index in [1.807, 2.05) is 31.2 Å². The van der Waals surface area contributed by atoms with Gasteiger partial charge in [-0.15, -0.1) is 0 Å². The number of nitrogens with one attached hydrogen (secondary N) is 1. The van der Waals surface area contributed by atoms with Crippen molar-refractivity contribution in [2.75, 3.05) is 26.9 Å². The average molecular weight is 447 g/mol. The van der Waals surface area contributed by atoms with Crippen LogP contribution in [-0.4, -0.2) is 51.5 Å². The van der Waals surface area contributed by atoms with E-state index in [0.717, 1.165) is 30.6 Å². The third-order valence-corrected chi connectivity index (χ3v) is 7.43. The first-order chi connectivity index (χ1) is 14.9. The summed E-state index contributed by atoms with van der Waals surface area (Å²) in [5, 5.41) is 2.86. The van der Waals surface area contributed by atoms with Gasteiger partial charge >= 0.3 is 0 Å². The van der Waals surface area contributed by atoms with Crippen molar-refractivity contribution in [2.24, 2.45) is 0 Å². The molecule has 1 saturated heterocycles. The normalized spacial score (nSPS) is 17.3. The molecule has 8 heteroatoms. The Balaban J connectivity index is 1.56. The fourth-order valence-corrected chi connectivity index (χ4v) is 5.27. The summed E-state index contributed by atoms with van der Waals surface area (Å²) in [7, 11) is -1.92. The summed E-state index contributed by atoms with van der Waals surface area (Å²) in [6, 6.07) is 13.6.